The van der Waals surface area contributed by atoms with E-state index in [0.717, 1.165) is 11.1 Å². The number of hydrogen-bond acceptors (Lipinski definition) is 6. The van der Waals surface area contributed by atoms with Gasteiger partial charge < -0.3 is 19.3 Å². The molecule has 1 saturated heterocycles. The number of hydrogen-bond donors (Lipinski definition) is 0. The van der Waals surface area contributed by atoms with Gasteiger partial charge in [-0.2, -0.15) is 10.5 Å². The quantitative estimate of drug-likeness (QED) is 0.737. The zero-order valence-electron chi connectivity index (χ0n) is 17.7. The van der Waals surface area contributed by atoms with Crippen LogP contribution in [0.5, 0.6) is 0 Å². The molecule has 0 spiro atoms. The van der Waals surface area contributed by atoms with E-state index in [2.05, 4.69) is 46.2 Å². The summed E-state index contributed by atoms with van der Waals surface area (Å²) >= 11 is 0. The normalized spacial score (nSPS) is 26.7. The molecule has 2 aromatic carbocycles. The molecule has 0 saturated carbocycles. The molecule has 4 unspecified atom stereocenters. The standard InChI is InChI=1S/C26H24N4O2/c27-13-21-11-23-25(29(17-21)15-19-7-3-1-4-8-19)31-24-12-22(14-28)18-30(26(24)32-23)16-20-9-5-2-6-10-20/h1-10,17-18,23-26H,11-12,15-16H2. The van der Waals surface area contributed by atoms with Crippen LogP contribution in [-0.2, 0) is 22.6 Å². The second-order valence-electron chi connectivity index (χ2n) is 8.39. The molecule has 0 radical (unpaired) electrons. The van der Waals surface area contributed by atoms with Gasteiger partial charge in [0, 0.05) is 49.5 Å². The predicted molar refractivity (Wildman–Crippen MR) is 118 cm³/mol. The highest BCUT2D eigenvalue weighted by atomic mass is 16.6. The van der Waals surface area contributed by atoms with Crippen LogP contribution in [0.4, 0.5) is 0 Å². The highest BCUT2D eigenvalue weighted by Crippen LogP contribution is 2.37. The van der Waals surface area contributed by atoms with Crippen LogP contribution in [0.3, 0.4) is 0 Å². The molecule has 0 aromatic heterocycles. The summed E-state index contributed by atoms with van der Waals surface area (Å²) in [5.74, 6) is 0. The average molecular weight is 425 g/mol. The summed E-state index contributed by atoms with van der Waals surface area (Å²) in [6.45, 7) is 1.26. The third-order valence-corrected chi connectivity index (χ3v) is 6.11. The van der Waals surface area contributed by atoms with E-state index in [0.29, 0.717) is 37.1 Å². The Kier molecular flexibility index (Phi) is 5.64. The monoisotopic (exact) mass is 424 g/mol. The lowest BCUT2D eigenvalue weighted by Crippen LogP contribution is -2.61. The molecular formula is C26H24N4O2. The second kappa shape index (κ2) is 8.88. The Bertz CT molecular complexity index is 1010. The van der Waals surface area contributed by atoms with Gasteiger partial charge in [0.25, 0.3) is 0 Å². The molecule has 32 heavy (non-hydrogen) atoms. The van der Waals surface area contributed by atoms with Crippen molar-refractivity contribution in [3.63, 3.8) is 0 Å². The number of nitrogens with zero attached hydrogens (tertiary/aromatic N) is 4. The van der Waals surface area contributed by atoms with Crippen molar-refractivity contribution >= 4 is 0 Å². The third-order valence-electron chi connectivity index (χ3n) is 6.11. The van der Waals surface area contributed by atoms with Crippen molar-refractivity contribution in [1.82, 2.24) is 9.80 Å². The average Bonchev–Trinajstić information content (AvgIpc) is 2.84. The van der Waals surface area contributed by atoms with Gasteiger partial charge in [-0.1, -0.05) is 60.7 Å². The van der Waals surface area contributed by atoms with Crippen LogP contribution in [0.1, 0.15) is 24.0 Å². The summed E-state index contributed by atoms with van der Waals surface area (Å²) in [5, 5.41) is 19.2. The molecule has 6 heteroatoms. The molecule has 0 bridgehead atoms. The molecule has 0 aliphatic carbocycles. The van der Waals surface area contributed by atoms with Crippen LogP contribution in [0.2, 0.25) is 0 Å². The van der Waals surface area contributed by atoms with E-state index in [1.54, 1.807) is 0 Å². The van der Waals surface area contributed by atoms with Gasteiger partial charge >= 0.3 is 0 Å². The number of nitriles is 2. The molecule has 5 rings (SSSR count). The minimum Gasteiger partial charge on any atom is -0.347 e. The van der Waals surface area contributed by atoms with E-state index < -0.39 is 0 Å². The largest absolute Gasteiger partial charge is 0.347 e. The summed E-state index contributed by atoms with van der Waals surface area (Å²) in [7, 11) is 0. The zero-order chi connectivity index (χ0) is 21.9. The van der Waals surface area contributed by atoms with Crippen molar-refractivity contribution in [2.24, 2.45) is 0 Å². The predicted octanol–water partition coefficient (Wildman–Crippen LogP) is 4.05. The minimum atomic E-state index is -0.301. The highest BCUT2D eigenvalue weighted by molar-refractivity contribution is 5.28. The van der Waals surface area contributed by atoms with Crippen molar-refractivity contribution in [2.75, 3.05) is 0 Å². The Hall–Kier alpha value is -3.58. The number of ether oxygens (including phenoxy) is 2. The van der Waals surface area contributed by atoms with Gasteiger partial charge in [-0.05, 0) is 11.1 Å². The van der Waals surface area contributed by atoms with E-state index >= 15 is 0 Å². The van der Waals surface area contributed by atoms with Crippen molar-refractivity contribution < 1.29 is 9.47 Å². The molecule has 3 heterocycles. The maximum atomic E-state index is 9.61. The van der Waals surface area contributed by atoms with Gasteiger partial charge in [0.05, 0.1) is 12.1 Å². The molecule has 4 atom stereocenters. The topological polar surface area (TPSA) is 72.5 Å². The summed E-state index contributed by atoms with van der Waals surface area (Å²) in [6, 6.07) is 24.9. The summed E-state index contributed by atoms with van der Waals surface area (Å²) in [6.07, 6.45) is 3.71. The molecular weight excluding hydrogens is 400 g/mol. The maximum Gasteiger partial charge on any atom is 0.157 e. The Morgan fingerprint density at radius 2 is 1.09 bits per heavy atom. The zero-order valence-corrected chi connectivity index (χ0v) is 17.7. The van der Waals surface area contributed by atoms with Gasteiger partial charge in [0.15, 0.2) is 12.5 Å². The molecule has 3 aliphatic rings. The van der Waals surface area contributed by atoms with E-state index in [-0.39, 0.29) is 24.7 Å². The molecule has 0 amide bonds. The Morgan fingerprint density at radius 3 is 1.47 bits per heavy atom. The lowest BCUT2D eigenvalue weighted by Gasteiger charge is -2.51. The van der Waals surface area contributed by atoms with Crippen molar-refractivity contribution in [1.29, 1.82) is 10.5 Å². The van der Waals surface area contributed by atoms with Crippen LogP contribution in [0.25, 0.3) is 0 Å². The molecule has 160 valence electrons. The van der Waals surface area contributed by atoms with E-state index in [9.17, 15) is 10.5 Å². The second-order valence-corrected chi connectivity index (χ2v) is 8.39. The van der Waals surface area contributed by atoms with Crippen LogP contribution in [0.15, 0.2) is 84.2 Å². The van der Waals surface area contributed by atoms with Crippen LogP contribution in [-0.4, -0.2) is 34.5 Å². The fourth-order valence-corrected chi connectivity index (χ4v) is 4.64. The first-order chi connectivity index (χ1) is 15.7. The molecule has 0 N–H and O–H groups in total. The fourth-order valence-electron chi connectivity index (χ4n) is 4.64. The molecule has 6 nitrogen and oxygen atoms in total. The maximum absolute atomic E-state index is 9.61. The molecule has 3 aliphatic heterocycles. The highest BCUT2D eigenvalue weighted by Gasteiger charge is 2.46. The summed E-state index contributed by atoms with van der Waals surface area (Å²) in [5.41, 5.74) is 3.64. The first-order valence-corrected chi connectivity index (χ1v) is 10.9. The number of rotatable bonds is 4. The summed E-state index contributed by atoms with van der Waals surface area (Å²) < 4.78 is 13.2. The van der Waals surface area contributed by atoms with Crippen LogP contribution >= 0.6 is 0 Å². The fraction of sp³-hybridized carbons (Fsp3) is 0.308. The first kappa shape index (κ1) is 20.3. The van der Waals surface area contributed by atoms with Gasteiger partial charge in [-0.15, -0.1) is 0 Å². The van der Waals surface area contributed by atoms with Crippen molar-refractivity contribution in [3.8, 4) is 12.1 Å². The van der Waals surface area contributed by atoms with Crippen molar-refractivity contribution in [2.45, 2.75) is 50.6 Å². The van der Waals surface area contributed by atoms with Gasteiger partial charge in [0.1, 0.15) is 12.2 Å². The van der Waals surface area contributed by atoms with Gasteiger partial charge in [-0.25, -0.2) is 0 Å². The summed E-state index contributed by atoms with van der Waals surface area (Å²) in [4.78, 5) is 4.12. The van der Waals surface area contributed by atoms with E-state index in [1.165, 1.54) is 0 Å². The molecule has 1 fully saturated rings. The van der Waals surface area contributed by atoms with Crippen LogP contribution in [0, 0.1) is 22.7 Å². The minimum absolute atomic E-state index is 0.255. The Labute approximate surface area is 188 Å². The third kappa shape index (κ3) is 4.11. The van der Waals surface area contributed by atoms with Crippen LogP contribution < -0.4 is 0 Å². The number of benzene rings is 2. The lowest BCUT2D eigenvalue weighted by molar-refractivity contribution is -0.288. The Balaban J connectivity index is 1.41. The lowest BCUT2D eigenvalue weighted by atomic mass is 9.97. The van der Waals surface area contributed by atoms with E-state index in [4.69, 9.17) is 9.47 Å². The number of fused-ring (bicyclic) bond motifs is 2. The smallest absolute Gasteiger partial charge is 0.157 e. The van der Waals surface area contributed by atoms with Gasteiger partial charge in [0.2, 0.25) is 0 Å². The molecule has 2 aromatic rings. The SMILES string of the molecule is N#CC1=CN(Cc2ccccc2)C2OC3CC(C#N)=CN(Cc4ccccc4)C3OC2C1. The first-order valence-electron chi connectivity index (χ1n) is 10.9. The van der Waals surface area contributed by atoms with Crippen molar-refractivity contribution in [3.05, 3.63) is 95.3 Å². The Morgan fingerprint density at radius 1 is 0.688 bits per heavy atom. The van der Waals surface area contributed by atoms with E-state index in [1.807, 2.05) is 48.8 Å². The van der Waals surface area contributed by atoms with Gasteiger partial charge in [-0.3, -0.25) is 0 Å².